The lowest BCUT2D eigenvalue weighted by molar-refractivity contribution is 0.0696. The van der Waals surface area contributed by atoms with Crippen molar-refractivity contribution in [3.63, 3.8) is 0 Å². The van der Waals surface area contributed by atoms with Crippen LogP contribution in [0.3, 0.4) is 0 Å². The number of carboxylic acid groups (broad SMARTS) is 1. The minimum Gasteiger partial charge on any atom is -0.486 e. The van der Waals surface area contributed by atoms with Crippen LogP contribution in [0.2, 0.25) is 0 Å². The molecule has 0 aliphatic carbocycles. The van der Waals surface area contributed by atoms with Crippen molar-refractivity contribution in [1.82, 2.24) is 5.32 Å². The molecule has 0 radical (unpaired) electrons. The minimum absolute atomic E-state index is 0. The highest BCUT2D eigenvalue weighted by molar-refractivity contribution is 5.92. The Morgan fingerprint density at radius 3 is 2.53 bits per heavy atom. The highest BCUT2D eigenvalue weighted by Crippen LogP contribution is 2.40. The van der Waals surface area contributed by atoms with Gasteiger partial charge in [-0.05, 0) is 73.0 Å². The standard InChI is InChI=1S/C30H30N2O3.ClH/c1-20-24(30(33)34)12-8-15-27(20)32-19-23(35-29-16-6-5-14-28(29)32)17-18-31-21(2)25-13-7-10-22-9-3-4-11-26(22)25;/h3-16,21,23,31H,17-19H2,1-2H3,(H,33,34);1H/t21-,23?;/m1./s1. The summed E-state index contributed by atoms with van der Waals surface area (Å²) in [6, 6.07) is 28.6. The van der Waals surface area contributed by atoms with E-state index in [9.17, 15) is 9.90 Å². The molecule has 4 aromatic carbocycles. The summed E-state index contributed by atoms with van der Waals surface area (Å²) < 4.78 is 6.36. The third-order valence-corrected chi connectivity index (χ3v) is 6.87. The number of anilines is 2. The van der Waals surface area contributed by atoms with Crippen LogP contribution in [0.15, 0.2) is 84.9 Å². The molecule has 0 aromatic heterocycles. The Kier molecular flexibility index (Phi) is 7.82. The lowest BCUT2D eigenvalue weighted by Crippen LogP contribution is -2.39. The SMILES string of the molecule is Cc1c(C(=O)O)cccc1N1CC(CCN[C@H](C)c2cccc3ccccc23)Oc2ccccc21.Cl. The van der Waals surface area contributed by atoms with Gasteiger partial charge in [0, 0.05) is 11.7 Å². The monoisotopic (exact) mass is 502 g/mol. The van der Waals surface area contributed by atoms with Crippen LogP contribution in [0, 0.1) is 6.92 Å². The first-order valence-electron chi connectivity index (χ1n) is 12.1. The van der Waals surface area contributed by atoms with Gasteiger partial charge in [-0.25, -0.2) is 4.79 Å². The molecule has 0 saturated carbocycles. The molecule has 5 nitrogen and oxygen atoms in total. The average Bonchev–Trinajstić information content (AvgIpc) is 2.88. The number of nitrogens with zero attached hydrogens (tertiary/aromatic N) is 1. The smallest absolute Gasteiger partial charge is 0.336 e. The van der Waals surface area contributed by atoms with Gasteiger partial charge < -0.3 is 20.1 Å². The van der Waals surface area contributed by atoms with Crippen molar-refractivity contribution >= 4 is 40.5 Å². The van der Waals surface area contributed by atoms with Gasteiger partial charge >= 0.3 is 5.97 Å². The van der Waals surface area contributed by atoms with Crippen LogP contribution in [0.4, 0.5) is 11.4 Å². The molecule has 0 saturated heterocycles. The van der Waals surface area contributed by atoms with E-state index in [4.69, 9.17) is 4.74 Å². The molecule has 0 bridgehead atoms. The number of hydrogen-bond donors (Lipinski definition) is 2. The van der Waals surface area contributed by atoms with Crippen LogP contribution in [0.1, 0.15) is 40.9 Å². The molecule has 1 heterocycles. The molecule has 0 amide bonds. The second-order valence-electron chi connectivity index (χ2n) is 9.11. The third kappa shape index (κ3) is 5.03. The number of hydrogen-bond acceptors (Lipinski definition) is 4. The summed E-state index contributed by atoms with van der Waals surface area (Å²) in [5.41, 5.74) is 4.25. The fourth-order valence-corrected chi connectivity index (χ4v) is 5.02. The molecular weight excluding hydrogens is 472 g/mol. The Morgan fingerprint density at radius 1 is 1.00 bits per heavy atom. The summed E-state index contributed by atoms with van der Waals surface area (Å²) in [6.07, 6.45) is 0.808. The summed E-state index contributed by atoms with van der Waals surface area (Å²) in [4.78, 5) is 13.9. The average molecular weight is 503 g/mol. The first kappa shape index (κ1) is 25.5. The number of ether oxygens (including phenoxy) is 1. The number of nitrogens with one attached hydrogen (secondary N) is 1. The maximum atomic E-state index is 11.7. The van der Waals surface area contributed by atoms with Gasteiger partial charge in [-0.15, -0.1) is 12.4 Å². The normalized spacial score (nSPS) is 15.5. The van der Waals surface area contributed by atoms with Crippen molar-refractivity contribution in [2.75, 3.05) is 18.0 Å². The predicted molar refractivity (Wildman–Crippen MR) is 148 cm³/mol. The first-order valence-corrected chi connectivity index (χ1v) is 12.1. The molecule has 0 fully saturated rings. The molecule has 0 spiro atoms. The fourth-order valence-electron chi connectivity index (χ4n) is 5.02. The van der Waals surface area contributed by atoms with Gasteiger partial charge in [-0.1, -0.05) is 60.7 Å². The maximum Gasteiger partial charge on any atom is 0.336 e. The Hall–Kier alpha value is -3.54. The van der Waals surface area contributed by atoms with Crippen LogP contribution in [-0.2, 0) is 0 Å². The molecule has 5 rings (SSSR count). The van der Waals surface area contributed by atoms with Gasteiger partial charge in [0.15, 0.2) is 0 Å². The lowest BCUT2D eigenvalue weighted by Gasteiger charge is -2.37. The number of aromatic carboxylic acids is 1. The van der Waals surface area contributed by atoms with E-state index in [2.05, 4.69) is 59.6 Å². The van der Waals surface area contributed by atoms with Crippen molar-refractivity contribution in [3.05, 3.63) is 102 Å². The van der Waals surface area contributed by atoms with Crippen LogP contribution >= 0.6 is 12.4 Å². The second-order valence-corrected chi connectivity index (χ2v) is 9.11. The largest absolute Gasteiger partial charge is 0.486 e. The quantitative estimate of drug-likeness (QED) is 0.287. The van der Waals surface area contributed by atoms with E-state index in [0.717, 1.165) is 35.7 Å². The number of para-hydroxylation sites is 2. The van der Waals surface area contributed by atoms with E-state index < -0.39 is 5.97 Å². The number of carbonyl (C=O) groups is 1. The van der Waals surface area contributed by atoms with Crippen molar-refractivity contribution in [2.45, 2.75) is 32.4 Å². The Morgan fingerprint density at radius 2 is 1.69 bits per heavy atom. The van der Waals surface area contributed by atoms with E-state index >= 15 is 0 Å². The minimum atomic E-state index is -0.908. The number of fused-ring (bicyclic) bond motifs is 2. The summed E-state index contributed by atoms with van der Waals surface area (Å²) in [5.74, 6) is -0.0833. The van der Waals surface area contributed by atoms with Crippen LogP contribution in [0.25, 0.3) is 10.8 Å². The van der Waals surface area contributed by atoms with Crippen molar-refractivity contribution in [2.24, 2.45) is 0 Å². The Labute approximate surface area is 218 Å². The number of halogens is 1. The molecule has 1 unspecified atom stereocenters. The van der Waals surface area contributed by atoms with Crippen molar-refractivity contribution < 1.29 is 14.6 Å². The summed E-state index contributed by atoms with van der Waals surface area (Å²) in [6.45, 7) is 5.54. The molecule has 1 aliphatic rings. The van der Waals surface area contributed by atoms with Gasteiger partial charge in [-0.3, -0.25) is 0 Å². The summed E-state index contributed by atoms with van der Waals surface area (Å²) in [5, 5.41) is 15.8. The van der Waals surface area contributed by atoms with E-state index in [0.29, 0.717) is 12.1 Å². The van der Waals surface area contributed by atoms with E-state index in [1.165, 1.54) is 16.3 Å². The van der Waals surface area contributed by atoms with Crippen LogP contribution < -0.4 is 15.0 Å². The van der Waals surface area contributed by atoms with Gasteiger partial charge in [0.25, 0.3) is 0 Å². The van der Waals surface area contributed by atoms with Crippen molar-refractivity contribution in [1.29, 1.82) is 0 Å². The van der Waals surface area contributed by atoms with Gasteiger partial charge in [0.1, 0.15) is 11.9 Å². The lowest BCUT2D eigenvalue weighted by atomic mass is 9.99. The van der Waals surface area contributed by atoms with Crippen LogP contribution in [0.5, 0.6) is 5.75 Å². The topological polar surface area (TPSA) is 61.8 Å². The molecule has 2 atom stereocenters. The zero-order chi connectivity index (χ0) is 24.4. The number of carboxylic acids is 1. The number of benzene rings is 4. The van der Waals surface area contributed by atoms with Gasteiger partial charge in [0.2, 0.25) is 0 Å². The molecule has 2 N–H and O–H groups in total. The predicted octanol–water partition coefficient (Wildman–Crippen LogP) is 6.91. The molecule has 4 aromatic rings. The van der Waals surface area contributed by atoms with Crippen molar-refractivity contribution in [3.8, 4) is 5.75 Å². The van der Waals surface area contributed by atoms with Crippen LogP contribution in [-0.4, -0.2) is 30.3 Å². The molecule has 186 valence electrons. The molecule has 6 heteroatoms. The van der Waals surface area contributed by atoms with E-state index in [1.807, 2.05) is 43.3 Å². The molecule has 1 aliphatic heterocycles. The fraction of sp³-hybridized carbons (Fsp3) is 0.233. The van der Waals surface area contributed by atoms with E-state index in [1.54, 1.807) is 6.07 Å². The molecule has 36 heavy (non-hydrogen) atoms. The highest BCUT2D eigenvalue weighted by atomic mass is 35.5. The first-order chi connectivity index (χ1) is 17.0. The summed E-state index contributed by atoms with van der Waals surface area (Å²) >= 11 is 0. The summed E-state index contributed by atoms with van der Waals surface area (Å²) in [7, 11) is 0. The third-order valence-electron chi connectivity index (χ3n) is 6.87. The zero-order valence-corrected chi connectivity index (χ0v) is 21.3. The van der Waals surface area contributed by atoms with E-state index in [-0.39, 0.29) is 24.6 Å². The van der Waals surface area contributed by atoms with Gasteiger partial charge in [-0.2, -0.15) is 0 Å². The Balaban J connectivity index is 0.00000304. The highest BCUT2D eigenvalue weighted by Gasteiger charge is 2.28. The number of rotatable bonds is 7. The zero-order valence-electron chi connectivity index (χ0n) is 20.5. The Bertz CT molecular complexity index is 1370. The second kappa shape index (κ2) is 11.0. The van der Waals surface area contributed by atoms with Gasteiger partial charge in [0.05, 0.1) is 17.8 Å². The molecular formula is C30H31ClN2O3. The maximum absolute atomic E-state index is 11.7.